The van der Waals surface area contributed by atoms with Crippen LogP contribution in [-0.2, 0) is 14.6 Å². The molecule has 6 heteroatoms. The van der Waals surface area contributed by atoms with Gasteiger partial charge in [0.05, 0.1) is 10.6 Å². The van der Waals surface area contributed by atoms with Crippen LogP contribution in [0.1, 0.15) is 0 Å². The summed E-state index contributed by atoms with van der Waals surface area (Å²) in [5.74, 6) is 0. The standard InChI is InChI=1S/C8H6ClNO3S/c9-5-14(12,13)8-3-1-7(2-4-8)10-6-11/h1-4H,5H2. The third-order valence-corrected chi connectivity index (χ3v) is 3.65. The van der Waals surface area contributed by atoms with Gasteiger partial charge in [0.1, 0.15) is 5.21 Å². The van der Waals surface area contributed by atoms with Crippen LogP contribution in [0.5, 0.6) is 0 Å². The predicted octanol–water partition coefficient (Wildman–Crippen LogP) is 1.62. The molecule has 0 heterocycles. The van der Waals surface area contributed by atoms with Gasteiger partial charge >= 0.3 is 0 Å². The second kappa shape index (κ2) is 4.37. The highest BCUT2D eigenvalue weighted by Gasteiger charge is 2.11. The monoisotopic (exact) mass is 231 g/mol. The van der Waals surface area contributed by atoms with Crippen LogP contribution in [0.15, 0.2) is 34.2 Å². The van der Waals surface area contributed by atoms with Gasteiger partial charge < -0.3 is 0 Å². The molecule has 0 N–H and O–H groups in total. The average molecular weight is 232 g/mol. The van der Waals surface area contributed by atoms with Crippen molar-refractivity contribution in [2.24, 2.45) is 4.99 Å². The van der Waals surface area contributed by atoms with E-state index in [2.05, 4.69) is 4.99 Å². The lowest BCUT2D eigenvalue weighted by Crippen LogP contribution is -2.00. The summed E-state index contributed by atoms with van der Waals surface area (Å²) in [5.41, 5.74) is 0.355. The van der Waals surface area contributed by atoms with Gasteiger partial charge in [-0.2, -0.15) is 4.99 Å². The lowest BCUT2D eigenvalue weighted by Gasteiger charge is -1.99. The Morgan fingerprint density at radius 3 is 2.29 bits per heavy atom. The molecule has 0 aliphatic rings. The molecule has 0 aromatic heterocycles. The molecule has 1 aromatic rings. The number of benzene rings is 1. The van der Waals surface area contributed by atoms with Crippen LogP contribution in [0.4, 0.5) is 5.69 Å². The van der Waals surface area contributed by atoms with E-state index in [1.54, 1.807) is 0 Å². The maximum absolute atomic E-state index is 11.2. The van der Waals surface area contributed by atoms with E-state index in [1.165, 1.54) is 30.3 Å². The molecule has 0 fully saturated rings. The van der Waals surface area contributed by atoms with Crippen molar-refractivity contribution in [2.45, 2.75) is 4.90 Å². The molecule has 0 bridgehead atoms. The van der Waals surface area contributed by atoms with Gasteiger partial charge in [0.2, 0.25) is 6.08 Å². The van der Waals surface area contributed by atoms with E-state index in [9.17, 15) is 13.2 Å². The summed E-state index contributed by atoms with van der Waals surface area (Å²) in [4.78, 5) is 13.3. The molecule has 74 valence electrons. The minimum absolute atomic E-state index is 0.109. The first kappa shape index (κ1) is 10.9. The van der Waals surface area contributed by atoms with Gasteiger partial charge in [-0.3, -0.25) is 0 Å². The highest BCUT2D eigenvalue weighted by Crippen LogP contribution is 2.17. The van der Waals surface area contributed by atoms with Crippen LogP contribution >= 0.6 is 11.6 Å². The van der Waals surface area contributed by atoms with Crippen molar-refractivity contribution in [3.8, 4) is 0 Å². The average Bonchev–Trinajstić information content (AvgIpc) is 2.19. The van der Waals surface area contributed by atoms with E-state index >= 15 is 0 Å². The van der Waals surface area contributed by atoms with Crippen LogP contribution in [0.3, 0.4) is 0 Å². The van der Waals surface area contributed by atoms with Crippen LogP contribution in [0, 0.1) is 0 Å². The lowest BCUT2D eigenvalue weighted by molar-refractivity contribution is 0.565. The van der Waals surface area contributed by atoms with E-state index in [4.69, 9.17) is 11.6 Å². The highest BCUT2D eigenvalue weighted by atomic mass is 35.5. The van der Waals surface area contributed by atoms with E-state index in [0.29, 0.717) is 5.69 Å². The molecular formula is C8H6ClNO3S. The largest absolute Gasteiger partial charge is 0.240 e. The summed E-state index contributed by atoms with van der Waals surface area (Å²) in [6.45, 7) is 0. The molecule has 0 aliphatic heterocycles. The lowest BCUT2D eigenvalue weighted by atomic mass is 10.3. The maximum Gasteiger partial charge on any atom is 0.240 e. The van der Waals surface area contributed by atoms with Crippen LogP contribution in [0.2, 0.25) is 0 Å². The maximum atomic E-state index is 11.2. The Morgan fingerprint density at radius 1 is 1.29 bits per heavy atom. The molecule has 0 amide bonds. The third-order valence-electron chi connectivity index (χ3n) is 1.51. The van der Waals surface area contributed by atoms with Crippen LogP contribution in [-0.4, -0.2) is 19.7 Å². The SMILES string of the molecule is O=C=Nc1ccc(S(=O)(=O)CCl)cc1. The van der Waals surface area contributed by atoms with Gasteiger partial charge in [-0.1, -0.05) is 0 Å². The number of isocyanates is 1. The minimum atomic E-state index is -3.40. The van der Waals surface area contributed by atoms with Crippen molar-refractivity contribution in [2.75, 3.05) is 5.21 Å². The number of hydrogen-bond acceptors (Lipinski definition) is 4. The van der Waals surface area contributed by atoms with Gasteiger partial charge in [-0.25, -0.2) is 13.2 Å². The number of hydrogen-bond donors (Lipinski definition) is 0. The molecule has 1 rings (SSSR count). The van der Waals surface area contributed by atoms with Gasteiger partial charge in [-0.05, 0) is 24.3 Å². The van der Waals surface area contributed by atoms with Crippen molar-refractivity contribution in [1.29, 1.82) is 0 Å². The molecular weight excluding hydrogens is 226 g/mol. The third kappa shape index (κ3) is 2.42. The van der Waals surface area contributed by atoms with Crippen LogP contribution in [0.25, 0.3) is 0 Å². The van der Waals surface area contributed by atoms with Crippen molar-refractivity contribution < 1.29 is 13.2 Å². The Morgan fingerprint density at radius 2 is 1.86 bits per heavy atom. The van der Waals surface area contributed by atoms with Gasteiger partial charge in [0.25, 0.3) is 0 Å². The first-order valence-corrected chi connectivity index (χ1v) is 5.75. The molecule has 0 radical (unpaired) electrons. The van der Waals surface area contributed by atoms with Crippen LogP contribution < -0.4 is 0 Å². The summed E-state index contributed by atoms with van der Waals surface area (Å²) in [5, 5.41) is -0.469. The number of sulfone groups is 1. The summed E-state index contributed by atoms with van der Waals surface area (Å²) in [6, 6.07) is 5.50. The Balaban J connectivity index is 3.12. The summed E-state index contributed by atoms with van der Waals surface area (Å²) < 4.78 is 22.5. The number of aliphatic imine (C=N–C) groups is 1. The smallest absolute Gasteiger partial charge is 0.222 e. The molecule has 0 aliphatic carbocycles. The number of carbonyl (C=O) groups excluding carboxylic acids is 1. The molecule has 14 heavy (non-hydrogen) atoms. The van der Waals surface area contributed by atoms with E-state index in [-0.39, 0.29) is 4.90 Å². The fraction of sp³-hybridized carbons (Fsp3) is 0.125. The molecule has 4 nitrogen and oxygen atoms in total. The fourth-order valence-electron chi connectivity index (χ4n) is 0.844. The van der Waals surface area contributed by atoms with Crippen molar-refractivity contribution in [3.05, 3.63) is 24.3 Å². The molecule has 1 aromatic carbocycles. The zero-order valence-corrected chi connectivity index (χ0v) is 8.55. The zero-order chi connectivity index (χ0) is 10.6. The first-order valence-electron chi connectivity index (χ1n) is 3.57. The van der Waals surface area contributed by atoms with Crippen molar-refractivity contribution in [3.63, 3.8) is 0 Å². The topological polar surface area (TPSA) is 63.6 Å². The van der Waals surface area contributed by atoms with Crippen molar-refractivity contribution in [1.82, 2.24) is 0 Å². The Labute approximate surface area is 86.1 Å². The Kier molecular flexibility index (Phi) is 3.41. The second-order valence-corrected chi connectivity index (χ2v) is 4.99. The fourth-order valence-corrected chi connectivity index (χ4v) is 1.90. The van der Waals surface area contributed by atoms with Crippen molar-refractivity contribution >= 4 is 33.2 Å². The number of rotatable bonds is 3. The normalized spacial score (nSPS) is 10.6. The summed E-state index contributed by atoms with van der Waals surface area (Å²) >= 11 is 5.25. The molecule has 0 atom stereocenters. The molecule has 0 spiro atoms. The summed E-state index contributed by atoms with van der Waals surface area (Å²) in [6.07, 6.45) is 1.36. The van der Waals surface area contributed by atoms with Gasteiger partial charge in [0, 0.05) is 0 Å². The Hall–Kier alpha value is -1.16. The quantitative estimate of drug-likeness (QED) is 0.451. The summed E-state index contributed by atoms with van der Waals surface area (Å²) in [7, 11) is -3.40. The second-order valence-electron chi connectivity index (χ2n) is 2.42. The minimum Gasteiger partial charge on any atom is -0.222 e. The number of alkyl halides is 1. The molecule has 0 saturated heterocycles. The van der Waals surface area contributed by atoms with E-state index in [1.807, 2.05) is 0 Å². The Bertz CT molecular complexity index is 460. The predicted molar refractivity (Wildman–Crippen MR) is 52.1 cm³/mol. The molecule has 0 saturated carbocycles. The first-order chi connectivity index (χ1) is 6.60. The van der Waals surface area contributed by atoms with Gasteiger partial charge in [-0.15, -0.1) is 11.6 Å². The van der Waals surface area contributed by atoms with Gasteiger partial charge in [0.15, 0.2) is 9.84 Å². The van der Waals surface area contributed by atoms with E-state index < -0.39 is 15.0 Å². The molecule has 0 unspecified atom stereocenters. The highest BCUT2D eigenvalue weighted by molar-refractivity contribution is 7.92. The number of halogens is 1. The zero-order valence-electron chi connectivity index (χ0n) is 6.97. The number of nitrogens with zero attached hydrogens (tertiary/aromatic N) is 1. The van der Waals surface area contributed by atoms with E-state index in [0.717, 1.165) is 0 Å².